The van der Waals surface area contributed by atoms with Crippen molar-refractivity contribution < 1.29 is 14.3 Å². The summed E-state index contributed by atoms with van der Waals surface area (Å²) in [6, 6.07) is 9.98. The molecular weight excluding hydrogens is 216 g/mol. The minimum atomic E-state index is -0.166. The van der Waals surface area contributed by atoms with Crippen LogP contribution in [0.5, 0.6) is 0 Å². The van der Waals surface area contributed by atoms with E-state index < -0.39 is 0 Å². The van der Waals surface area contributed by atoms with Gasteiger partial charge in [0.1, 0.15) is 6.61 Å². The molecule has 1 aromatic carbocycles. The Balaban J connectivity index is 2.26. The molecule has 0 aliphatic carbocycles. The van der Waals surface area contributed by atoms with Crippen LogP contribution in [-0.2, 0) is 14.3 Å². The lowest BCUT2D eigenvalue weighted by Crippen LogP contribution is -2.12. The molecule has 1 rings (SSSR count). The van der Waals surface area contributed by atoms with Crippen LogP contribution in [0.15, 0.2) is 30.3 Å². The monoisotopic (exact) mass is 236 g/mol. The molecule has 0 radical (unpaired) electrons. The van der Waals surface area contributed by atoms with Crippen molar-refractivity contribution in [3.63, 3.8) is 0 Å². The van der Waals surface area contributed by atoms with Gasteiger partial charge in [-0.1, -0.05) is 37.3 Å². The molecule has 1 atom stereocenters. The summed E-state index contributed by atoms with van der Waals surface area (Å²) < 4.78 is 10.2. The Labute approximate surface area is 103 Å². The molecule has 0 saturated heterocycles. The largest absolute Gasteiger partial charge is 0.463 e. The second kappa shape index (κ2) is 7.85. The summed E-state index contributed by atoms with van der Waals surface area (Å²) in [6.07, 6.45) is 0.413. The summed E-state index contributed by atoms with van der Waals surface area (Å²) in [4.78, 5) is 11.5. The lowest BCUT2D eigenvalue weighted by molar-refractivity contribution is -0.145. The van der Waals surface area contributed by atoms with Crippen molar-refractivity contribution in [2.24, 2.45) is 0 Å². The normalized spacial score (nSPS) is 12.1. The van der Waals surface area contributed by atoms with E-state index in [1.165, 1.54) is 0 Å². The van der Waals surface area contributed by atoms with Gasteiger partial charge in [0.2, 0.25) is 0 Å². The predicted octanol–water partition coefficient (Wildman–Crippen LogP) is 2.76. The minimum absolute atomic E-state index is 0.166. The molecule has 0 fully saturated rings. The maximum atomic E-state index is 11.5. The Hall–Kier alpha value is -1.35. The maximum Gasteiger partial charge on any atom is 0.306 e. The van der Waals surface area contributed by atoms with Gasteiger partial charge in [-0.15, -0.1) is 0 Å². The van der Waals surface area contributed by atoms with Crippen LogP contribution in [0.4, 0.5) is 0 Å². The molecular formula is C14H20O3. The van der Waals surface area contributed by atoms with E-state index in [1.54, 1.807) is 0 Å². The zero-order valence-electron chi connectivity index (χ0n) is 10.5. The van der Waals surface area contributed by atoms with Crippen molar-refractivity contribution >= 4 is 5.97 Å². The van der Waals surface area contributed by atoms with Gasteiger partial charge in [-0.25, -0.2) is 0 Å². The topological polar surface area (TPSA) is 35.5 Å². The first-order valence-electron chi connectivity index (χ1n) is 6.02. The van der Waals surface area contributed by atoms with Crippen molar-refractivity contribution in [1.29, 1.82) is 0 Å². The van der Waals surface area contributed by atoms with Crippen LogP contribution in [0.2, 0.25) is 0 Å². The molecule has 3 heteroatoms. The van der Waals surface area contributed by atoms with Crippen LogP contribution in [0.1, 0.15) is 31.7 Å². The number of ether oxygens (including phenoxy) is 2. The summed E-state index contributed by atoms with van der Waals surface area (Å²) in [5.41, 5.74) is 1.16. The van der Waals surface area contributed by atoms with Crippen molar-refractivity contribution in [2.75, 3.05) is 19.8 Å². The third-order valence-corrected chi connectivity index (χ3v) is 2.54. The number of hydrogen-bond acceptors (Lipinski definition) is 3. The molecule has 0 amide bonds. The SMILES string of the molecule is CCOCCOC(=O)CC(C)c1ccccc1. The summed E-state index contributed by atoms with van der Waals surface area (Å²) in [5, 5.41) is 0. The predicted molar refractivity (Wildman–Crippen MR) is 66.9 cm³/mol. The van der Waals surface area contributed by atoms with Gasteiger partial charge in [-0.05, 0) is 18.4 Å². The lowest BCUT2D eigenvalue weighted by atomic mass is 9.98. The number of hydrogen-bond donors (Lipinski definition) is 0. The first-order chi connectivity index (χ1) is 8.24. The Morgan fingerprint density at radius 2 is 1.94 bits per heavy atom. The van der Waals surface area contributed by atoms with E-state index in [9.17, 15) is 4.79 Å². The number of carbonyl (C=O) groups excluding carboxylic acids is 1. The molecule has 17 heavy (non-hydrogen) atoms. The molecule has 1 aromatic rings. The molecule has 0 aliphatic heterocycles. The zero-order chi connectivity index (χ0) is 12.5. The standard InChI is InChI=1S/C14H20O3/c1-3-16-9-10-17-14(15)11-12(2)13-7-5-4-6-8-13/h4-8,12H,3,9-11H2,1-2H3. The Morgan fingerprint density at radius 3 is 2.59 bits per heavy atom. The Kier molecular flexibility index (Phi) is 6.33. The summed E-state index contributed by atoms with van der Waals surface area (Å²) in [5.74, 6) is 0.0249. The molecule has 0 aliphatic rings. The fourth-order valence-electron chi connectivity index (χ4n) is 1.57. The highest BCUT2D eigenvalue weighted by Gasteiger charge is 2.11. The summed E-state index contributed by atoms with van der Waals surface area (Å²) in [6.45, 7) is 5.41. The molecule has 0 N–H and O–H groups in total. The van der Waals surface area contributed by atoms with Gasteiger partial charge in [0.05, 0.1) is 13.0 Å². The number of esters is 1. The fraction of sp³-hybridized carbons (Fsp3) is 0.500. The molecule has 0 saturated carbocycles. The van der Waals surface area contributed by atoms with Crippen LogP contribution in [-0.4, -0.2) is 25.8 Å². The van der Waals surface area contributed by atoms with Crippen molar-refractivity contribution in [1.82, 2.24) is 0 Å². The van der Waals surface area contributed by atoms with Crippen LogP contribution >= 0.6 is 0 Å². The molecule has 0 spiro atoms. The van der Waals surface area contributed by atoms with E-state index >= 15 is 0 Å². The molecule has 0 heterocycles. The second-order valence-electron chi connectivity index (χ2n) is 3.93. The smallest absolute Gasteiger partial charge is 0.306 e. The highest BCUT2D eigenvalue weighted by molar-refractivity contribution is 5.70. The van der Waals surface area contributed by atoms with Gasteiger partial charge >= 0.3 is 5.97 Å². The van der Waals surface area contributed by atoms with E-state index in [-0.39, 0.29) is 11.9 Å². The highest BCUT2D eigenvalue weighted by atomic mass is 16.6. The van der Waals surface area contributed by atoms with E-state index in [4.69, 9.17) is 9.47 Å². The van der Waals surface area contributed by atoms with Gasteiger partial charge in [0.25, 0.3) is 0 Å². The minimum Gasteiger partial charge on any atom is -0.463 e. The third kappa shape index (κ3) is 5.50. The second-order valence-corrected chi connectivity index (χ2v) is 3.93. The highest BCUT2D eigenvalue weighted by Crippen LogP contribution is 2.18. The molecule has 1 unspecified atom stereocenters. The number of rotatable bonds is 7. The van der Waals surface area contributed by atoms with Gasteiger partial charge < -0.3 is 9.47 Å². The Morgan fingerprint density at radius 1 is 1.24 bits per heavy atom. The quantitative estimate of drug-likeness (QED) is 0.539. The first-order valence-corrected chi connectivity index (χ1v) is 6.02. The molecule has 0 aromatic heterocycles. The van der Waals surface area contributed by atoms with Gasteiger partial charge in [0.15, 0.2) is 0 Å². The van der Waals surface area contributed by atoms with Crippen molar-refractivity contribution in [3.8, 4) is 0 Å². The van der Waals surface area contributed by atoms with E-state index in [0.717, 1.165) is 5.56 Å². The lowest BCUT2D eigenvalue weighted by Gasteiger charge is -2.11. The van der Waals surface area contributed by atoms with Crippen molar-refractivity contribution in [2.45, 2.75) is 26.2 Å². The number of benzene rings is 1. The maximum absolute atomic E-state index is 11.5. The van der Waals surface area contributed by atoms with Crippen molar-refractivity contribution in [3.05, 3.63) is 35.9 Å². The third-order valence-electron chi connectivity index (χ3n) is 2.54. The van der Waals surface area contributed by atoms with Crippen LogP contribution in [0.3, 0.4) is 0 Å². The van der Waals surface area contributed by atoms with Gasteiger partial charge in [-0.2, -0.15) is 0 Å². The average Bonchev–Trinajstić information content (AvgIpc) is 2.36. The summed E-state index contributed by atoms with van der Waals surface area (Å²) >= 11 is 0. The Bertz CT molecular complexity index is 321. The summed E-state index contributed by atoms with van der Waals surface area (Å²) in [7, 11) is 0. The van der Waals surface area contributed by atoms with E-state index in [0.29, 0.717) is 26.2 Å². The average molecular weight is 236 g/mol. The van der Waals surface area contributed by atoms with Crippen LogP contribution in [0, 0.1) is 0 Å². The molecule has 3 nitrogen and oxygen atoms in total. The molecule has 0 bridgehead atoms. The zero-order valence-corrected chi connectivity index (χ0v) is 10.5. The van der Waals surface area contributed by atoms with Crippen LogP contribution in [0.25, 0.3) is 0 Å². The van der Waals surface area contributed by atoms with Crippen LogP contribution < -0.4 is 0 Å². The number of carbonyl (C=O) groups is 1. The van der Waals surface area contributed by atoms with Gasteiger partial charge in [0, 0.05) is 6.61 Å². The molecule has 94 valence electrons. The fourth-order valence-corrected chi connectivity index (χ4v) is 1.57. The van der Waals surface area contributed by atoms with E-state index in [2.05, 4.69) is 0 Å². The van der Waals surface area contributed by atoms with Gasteiger partial charge in [-0.3, -0.25) is 4.79 Å². The van der Waals surface area contributed by atoms with E-state index in [1.807, 2.05) is 44.2 Å². The first kappa shape index (κ1) is 13.7.